The van der Waals surface area contributed by atoms with E-state index in [1.807, 2.05) is 20.8 Å². The van der Waals surface area contributed by atoms with Gasteiger partial charge >= 0.3 is 0 Å². The molecule has 4 aliphatic rings. The van der Waals surface area contributed by atoms with E-state index in [9.17, 15) is 9.90 Å². The highest BCUT2D eigenvalue weighted by Crippen LogP contribution is 2.67. The highest BCUT2D eigenvalue weighted by Gasteiger charge is 2.59. The normalized spacial score (nSPS) is 47.8. The predicted molar refractivity (Wildman–Crippen MR) is 119 cm³/mol. The highest BCUT2D eigenvalue weighted by atomic mass is 16.3. The van der Waals surface area contributed by atoms with Gasteiger partial charge in [0.15, 0.2) is 0 Å². The topological polar surface area (TPSA) is 37.3 Å². The Hall–Kier alpha value is -0.630. The molecular weight excluding hydrogens is 356 g/mol. The Morgan fingerprint density at radius 2 is 1.79 bits per heavy atom. The monoisotopic (exact) mass is 400 g/mol. The van der Waals surface area contributed by atoms with E-state index < -0.39 is 5.60 Å². The molecule has 4 aliphatic carbocycles. The molecule has 0 bridgehead atoms. The molecule has 3 saturated carbocycles. The van der Waals surface area contributed by atoms with Gasteiger partial charge in [0.2, 0.25) is 0 Å². The third-order valence-electron chi connectivity index (χ3n) is 10.3. The summed E-state index contributed by atoms with van der Waals surface area (Å²) in [4.78, 5) is 12.4. The van der Waals surface area contributed by atoms with E-state index in [1.165, 1.54) is 32.1 Å². The summed E-state index contributed by atoms with van der Waals surface area (Å²) in [7, 11) is 0. The maximum absolute atomic E-state index is 12.4. The second-order valence-corrected chi connectivity index (χ2v) is 12.5. The second kappa shape index (κ2) is 7.21. The summed E-state index contributed by atoms with van der Waals surface area (Å²) < 4.78 is 0. The molecule has 0 spiro atoms. The Morgan fingerprint density at radius 1 is 1.07 bits per heavy atom. The van der Waals surface area contributed by atoms with Crippen molar-refractivity contribution in [2.45, 2.75) is 105 Å². The minimum atomic E-state index is -0.502. The van der Waals surface area contributed by atoms with E-state index in [1.54, 1.807) is 5.57 Å². The van der Waals surface area contributed by atoms with Crippen LogP contribution >= 0.6 is 0 Å². The lowest BCUT2D eigenvalue weighted by Gasteiger charge is -2.59. The van der Waals surface area contributed by atoms with Gasteiger partial charge in [-0.15, -0.1) is 0 Å². The van der Waals surface area contributed by atoms with Crippen LogP contribution in [0.25, 0.3) is 0 Å². The van der Waals surface area contributed by atoms with Gasteiger partial charge in [-0.05, 0) is 98.7 Å². The molecule has 0 aromatic heterocycles. The number of hydrogen-bond donors (Lipinski definition) is 1. The smallest absolute Gasteiger partial charge is 0.135 e. The Bertz CT molecular complexity index is 689. The van der Waals surface area contributed by atoms with Crippen molar-refractivity contribution in [3.8, 4) is 0 Å². The Kier molecular flexibility index (Phi) is 5.37. The van der Waals surface area contributed by atoms with E-state index in [2.05, 4.69) is 26.8 Å². The summed E-state index contributed by atoms with van der Waals surface area (Å²) >= 11 is 0. The van der Waals surface area contributed by atoms with Gasteiger partial charge in [0, 0.05) is 12.3 Å². The zero-order valence-electron chi connectivity index (χ0n) is 19.8. The van der Waals surface area contributed by atoms with Crippen LogP contribution < -0.4 is 0 Å². The van der Waals surface area contributed by atoms with Crippen LogP contribution in [-0.4, -0.2) is 16.5 Å². The first-order valence-electron chi connectivity index (χ1n) is 12.4. The summed E-state index contributed by atoms with van der Waals surface area (Å²) in [6, 6.07) is 0. The lowest BCUT2D eigenvalue weighted by atomic mass is 9.46. The van der Waals surface area contributed by atoms with E-state index in [-0.39, 0.29) is 5.92 Å². The molecule has 3 unspecified atom stereocenters. The number of rotatable bonds is 4. The van der Waals surface area contributed by atoms with Crippen LogP contribution in [0.2, 0.25) is 0 Å². The molecule has 0 aromatic carbocycles. The SMILES string of the molecule is CC(C)C(=O)C[C@@H](C)[C@H]1CCC2C3CC=C4C[C@@](C)(O)CC[C@]4(C)C3CC[C@@]21C. The molecule has 0 aliphatic heterocycles. The van der Waals surface area contributed by atoms with Gasteiger partial charge in [0.1, 0.15) is 5.78 Å². The van der Waals surface area contributed by atoms with E-state index >= 15 is 0 Å². The first-order chi connectivity index (χ1) is 13.5. The number of hydrogen-bond acceptors (Lipinski definition) is 2. The molecule has 8 atom stereocenters. The number of fused-ring (bicyclic) bond motifs is 5. The number of Topliss-reactive ketones (excluding diaryl/α,β-unsaturated/α-hetero) is 1. The molecule has 1 N–H and O–H groups in total. The number of carbonyl (C=O) groups excluding carboxylic acids is 1. The molecule has 2 nitrogen and oxygen atoms in total. The molecule has 2 heteroatoms. The molecular formula is C27H44O2. The predicted octanol–water partition coefficient (Wildman–Crippen LogP) is 6.57. The summed E-state index contributed by atoms with van der Waals surface area (Å²) in [5, 5.41) is 10.7. The van der Waals surface area contributed by atoms with E-state index in [4.69, 9.17) is 0 Å². The van der Waals surface area contributed by atoms with Crippen LogP contribution in [0.5, 0.6) is 0 Å². The fourth-order valence-corrected chi connectivity index (χ4v) is 8.48. The third-order valence-corrected chi connectivity index (χ3v) is 10.3. The summed E-state index contributed by atoms with van der Waals surface area (Å²) in [5.74, 6) is 4.27. The molecule has 164 valence electrons. The Morgan fingerprint density at radius 3 is 2.48 bits per heavy atom. The Balaban J connectivity index is 1.55. The zero-order valence-corrected chi connectivity index (χ0v) is 19.8. The summed E-state index contributed by atoms with van der Waals surface area (Å²) in [6.45, 7) is 13.6. The van der Waals surface area contributed by atoms with E-state index in [0.29, 0.717) is 28.4 Å². The molecule has 0 radical (unpaired) electrons. The first kappa shape index (κ1) is 21.6. The van der Waals surface area contributed by atoms with Gasteiger partial charge < -0.3 is 5.11 Å². The van der Waals surface area contributed by atoms with Crippen molar-refractivity contribution in [2.75, 3.05) is 0 Å². The lowest BCUT2D eigenvalue weighted by Crippen LogP contribution is -2.52. The average Bonchev–Trinajstić information content (AvgIpc) is 2.99. The largest absolute Gasteiger partial charge is 0.390 e. The highest BCUT2D eigenvalue weighted by molar-refractivity contribution is 5.80. The quantitative estimate of drug-likeness (QED) is 0.542. The number of ketones is 1. The lowest BCUT2D eigenvalue weighted by molar-refractivity contribution is -0.124. The summed E-state index contributed by atoms with van der Waals surface area (Å²) in [5.41, 5.74) is 1.78. The maximum Gasteiger partial charge on any atom is 0.135 e. The van der Waals surface area contributed by atoms with Crippen LogP contribution in [-0.2, 0) is 4.79 Å². The van der Waals surface area contributed by atoms with Gasteiger partial charge in [-0.25, -0.2) is 0 Å². The molecule has 3 fully saturated rings. The van der Waals surface area contributed by atoms with Crippen molar-refractivity contribution in [2.24, 2.45) is 46.3 Å². The van der Waals surface area contributed by atoms with Crippen molar-refractivity contribution in [1.29, 1.82) is 0 Å². The number of carbonyl (C=O) groups is 1. The minimum Gasteiger partial charge on any atom is -0.390 e. The van der Waals surface area contributed by atoms with Gasteiger partial charge in [-0.1, -0.05) is 46.3 Å². The molecule has 0 heterocycles. The standard InChI is InChI=1S/C27H44O2/c1-17(2)24(28)15-18(3)21-9-10-22-20-8-7-19-16-25(4,29)13-14-26(19,5)23(20)11-12-27(21,22)6/h7,17-18,20-23,29H,8-16H2,1-6H3/t18-,20?,21-,22?,23?,25+,26+,27-/m1/s1. The van der Waals surface area contributed by atoms with Crippen molar-refractivity contribution < 1.29 is 9.90 Å². The fraction of sp³-hybridized carbons (Fsp3) is 0.889. The van der Waals surface area contributed by atoms with Crippen LogP contribution in [0.4, 0.5) is 0 Å². The maximum atomic E-state index is 12.4. The second-order valence-electron chi connectivity index (χ2n) is 12.5. The van der Waals surface area contributed by atoms with Crippen LogP contribution in [0, 0.1) is 46.3 Å². The number of aliphatic hydroxyl groups is 1. The van der Waals surface area contributed by atoms with Crippen molar-refractivity contribution in [1.82, 2.24) is 0 Å². The van der Waals surface area contributed by atoms with E-state index in [0.717, 1.165) is 43.4 Å². The van der Waals surface area contributed by atoms with Crippen LogP contribution in [0.3, 0.4) is 0 Å². The van der Waals surface area contributed by atoms with Gasteiger partial charge in [0.05, 0.1) is 5.60 Å². The zero-order chi connectivity index (χ0) is 21.2. The molecule has 0 aromatic rings. The van der Waals surface area contributed by atoms with Crippen LogP contribution in [0.15, 0.2) is 11.6 Å². The summed E-state index contributed by atoms with van der Waals surface area (Å²) in [6.07, 6.45) is 12.9. The Labute approximate surface area is 178 Å². The van der Waals surface area contributed by atoms with Crippen molar-refractivity contribution in [3.63, 3.8) is 0 Å². The minimum absolute atomic E-state index is 0.170. The molecule has 4 rings (SSSR count). The molecule has 0 saturated heterocycles. The van der Waals surface area contributed by atoms with Crippen LogP contribution in [0.1, 0.15) is 99.3 Å². The van der Waals surface area contributed by atoms with Crippen molar-refractivity contribution in [3.05, 3.63) is 11.6 Å². The molecule has 29 heavy (non-hydrogen) atoms. The van der Waals surface area contributed by atoms with Crippen molar-refractivity contribution >= 4 is 5.78 Å². The van der Waals surface area contributed by atoms with Gasteiger partial charge in [-0.3, -0.25) is 4.79 Å². The third kappa shape index (κ3) is 3.46. The number of allylic oxidation sites excluding steroid dienone is 1. The fourth-order valence-electron chi connectivity index (χ4n) is 8.48. The average molecular weight is 401 g/mol. The van der Waals surface area contributed by atoms with Gasteiger partial charge in [-0.2, -0.15) is 0 Å². The molecule has 0 amide bonds. The first-order valence-corrected chi connectivity index (χ1v) is 12.4. The van der Waals surface area contributed by atoms with Gasteiger partial charge in [0.25, 0.3) is 0 Å².